The van der Waals surface area contributed by atoms with Gasteiger partial charge in [0, 0.05) is 12.0 Å². The molecule has 1 fully saturated rings. The molecule has 0 bridgehead atoms. The number of carboxylic acids is 1. The third kappa shape index (κ3) is 5.85. The van der Waals surface area contributed by atoms with Crippen molar-refractivity contribution in [2.24, 2.45) is 5.92 Å². The third-order valence-electron chi connectivity index (χ3n) is 3.26. The van der Waals surface area contributed by atoms with Gasteiger partial charge in [-0.25, -0.2) is 4.79 Å². The van der Waals surface area contributed by atoms with Crippen molar-refractivity contribution in [3.63, 3.8) is 0 Å². The van der Waals surface area contributed by atoms with E-state index in [9.17, 15) is 23.1 Å². The second kappa shape index (κ2) is 8.55. The maximum Gasteiger partial charge on any atom is 0.490 e. The highest BCUT2D eigenvalue weighted by molar-refractivity contribution is 6.42. The number of rotatable bonds is 2. The van der Waals surface area contributed by atoms with Crippen molar-refractivity contribution in [2.75, 3.05) is 13.1 Å². The SMILES string of the molecule is O=C(O)C(F)(F)F.O=C(c1cc(Cl)c(Cl)cc1O)C1CCNCC1. The van der Waals surface area contributed by atoms with Gasteiger partial charge in [-0.05, 0) is 32.0 Å². The van der Waals surface area contributed by atoms with E-state index in [1.807, 2.05) is 0 Å². The van der Waals surface area contributed by atoms with E-state index >= 15 is 0 Å². The van der Waals surface area contributed by atoms with E-state index in [0.29, 0.717) is 5.02 Å². The molecule has 0 amide bonds. The lowest BCUT2D eigenvalue weighted by molar-refractivity contribution is -0.192. The van der Waals surface area contributed by atoms with E-state index < -0.39 is 12.1 Å². The number of nitrogens with one attached hydrogen (secondary N) is 1. The Hall–Kier alpha value is -1.51. The predicted octanol–water partition coefficient (Wildman–Crippen LogP) is 3.51. The number of aliphatic carboxylic acids is 1. The lowest BCUT2D eigenvalue weighted by Crippen LogP contribution is -2.31. The van der Waals surface area contributed by atoms with Crippen LogP contribution >= 0.6 is 23.2 Å². The van der Waals surface area contributed by atoms with Crippen LogP contribution in [-0.4, -0.2) is 41.2 Å². The number of carbonyl (C=O) groups is 2. The van der Waals surface area contributed by atoms with E-state index in [4.69, 9.17) is 33.1 Å². The molecule has 0 aromatic heterocycles. The average molecular weight is 388 g/mol. The summed E-state index contributed by atoms with van der Waals surface area (Å²) in [5, 5.41) is 20.6. The van der Waals surface area contributed by atoms with Crippen LogP contribution in [0.2, 0.25) is 10.0 Å². The second-order valence-corrected chi connectivity index (χ2v) is 5.79. The molecule has 1 aromatic carbocycles. The van der Waals surface area contributed by atoms with Gasteiger partial charge in [-0.15, -0.1) is 0 Å². The van der Waals surface area contributed by atoms with Gasteiger partial charge in [0.1, 0.15) is 5.75 Å². The van der Waals surface area contributed by atoms with Crippen LogP contribution in [0.15, 0.2) is 12.1 Å². The van der Waals surface area contributed by atoms with Crippen molar-refractivity contribution < 1.29 is 33.0 Å². The summed E-state index contributed by atoms with van der Waals surface area (Å²) >= 11 is 11.6. The molecular formula is C14H14Cl2F3NO4. The number of hydrogen-bond donors (Lipinski definition) is 3. The Bertz CT molecular complexity index is 617. The molecule has 5 nitrogen and oxygen atoms in total. The number of phenols is 1. The second-order valence-electron chi connectivity index (χ2n) is 4.97. The van der Waals surface area contributed by atoms with E-state index in [1.54, 1.807) is 0 Å². The third-order valence-corrected chi connectivity index (χ3v) is 3.98. The Labute approximate surface area is 145 Å². The van der Waals surface area contributed by atoms with Crippen LogP contribution in [0.1, 0.15) is 23.2 Å². The number of Topliss-reactive ketones (excluding diaryl/α,β-unsaturated/α-hetero) is 1. The summed E-state index contributed by atoms with van der Waals surface area (Å²) in [6, 6.07) is 2.77. The number of halogens is 5. The number of ketones is 1. The summed E-state index contributed by atoms with van der Waals surface area (Å²) in [5.74, 6) is -2.95. The predicted molar refractivity (Wildman–Crippen MR) is 81.7 cm³/mol. The summed E-state index contributed by atoms with van der Waals surface area (Å²) in [5.41, 5.74) is 0.270. The maximum absolute atomic E-state index is 12.2. The number of benzene rings is 1. The molecule has 24 heavy (non-hydrogen) atoms. The fourth-order valence-electron chi connectivity index (χ4n) is 2.04. The van der Waals surface area contributed by atoms with Crippen molar-refractivity contribution >= 4 is 35.0 Å². The molecule has 3 N–H and O–H groups in total. The quantitative estimate of drug-likeness (QED) is 0.675. The normalized spacial score (nSPS) is 15.4. The number of alkyl halides is 3. The van der Waals surface area contributed by atoms with Crippen LogP contribution < -0.4 is 5.32 Å². The molecule has 0 saturated carbocycles. The van der Waals surface area contributed by atoms with Crippen LogP contribution in [0.3, 0.4) is 0 Å². The smallest absolute Gasteiger partial charge is 0.490 e. The Kier molecular flexibility index (Phi) is 7.31. The highest BCUT2D eigenvalue weighted by Crippen LogP contribution is 2.32. The maximum atomic E-state index is 12.2. The van der Waals surface area contributed by atoms with Gasteiger partial charge in [0.05, 0.1) is 15.6 Å². The lowest BCUT2D eigenvalue weighted by atomic mass is 9.89. The Morgan fingerprint density at radius 2 is 1.58 bits per heavy atom. The summed E-state index contributed by atoms with van der Waals surface area (Å²) in [6.45, 7) is 1.66. The monoisotopic (exact) mass is 387 g/mol. The molecule has 0 aliphatic carbocycles. The lowest BCUT2D eigenvalue weighted by Gasteiger charge is -2.21. The zero-order chi connectivity index (χ0) is 18.5. The first-order valence-corrected chi connectivity index (χ1v) is 7.52. The van der Waals surface area contributed by atoms with Crippen LogP contribution in [0, 0.1) is 5.92 Å². The number of phenolic OH excluding ortho intramolecular Hbond substituents is 1. The molecule has 1 heterocycles. The van der Waals surface area contributed by atoms with Gasteiger partial charge in [0.25, 0.3) is 0 Å². The number of carboxylic acid groups (broad SMARTS) is 1. The Morgan fingerprint density at radius 1 is 1.12 bits per heavy atom. The first kappa shape index (κ1) is 20.5. The van der Waals surface area contributed by atoms with Crippen molar-refractivity contribution in [3.8, 4) is 5.75 Å². The number of carbonyl (C=O) groups excluding carboxylic acids is 1. The minimum atomic E-state index is -5.08. The molecular weight excluding hydrogens is 374 g/mol. The standard InChI is InChI=1S/C12H13Cl2NO2.C2HF3O2/c13-9-5-8(11(16)6-10(9)14)12(17)7-1-3-15-4-2-7;3-2(4,5)1(6)7/h5-7,15-16H,1-4H2;(H,6,7). The zero-order valence-corrected chi connectivity index (χ0v) is 13.7. The summed E-state index contributed by atoms with van der Waals surface area (Å²) in [7, 11) is 0. The highest BCUT2D eigenvalue weighted by atomic mass is 35.5. The summed E-state index contributed by atoms with van der Waals surface area (Å²) in [4.78, 5) is 21.1. The van der Waals surface area contributed by atoms with E-state index in [-0.39, 0.29) is 28.0 Å². The van der Waals surface area contributed by atoms with Gasteiger partial charge < -0.3 is 15.5 Å². The Morgan fingerprint density at radius 3 is 2.04 bits per heavy atom. The van der Waals surface area contributed by atoms with Crippen LogP contribution in [0.25, 0.3) is 0 Å². The zero-order valence-electron chi connectivity index (χ0n) is 12.2. The molecule has 1 saturated heterocycles. The van der Waals surface area contributed by atoms with Gasteiger partial charge in [-0.1, -0.05) is 23.2 Å². The van der Waals surface area contributed by atoms with Crippen molar-refractivity contribution in [1.29, 1.82) is 0 Å². The summed E-state index contributed by atoms with van der Waals surface area (Å²) < 4.78 is 31.7. The molecule has 0 spiro atoms. The van der Waals surface area contributed by atoms with Gasteiger partial charge in [-0.3, -0.25) is 4.79 Å². The van der Waals surface area contributed by atoms with Gasteiger partial charge in [0.2, 0.25) is 0 Å². The molecule has 1 aliphatic rings. The molecule has 1 aliphatic heterocycles. The van der Waals surface area contributed by atoms with E-state index in [0.717, 1.165) is 25.9 Å². The van der Waals surface area contributed by atoms with E-state index in [1.165, 1.54) is 12.1 Å². The first-order chi connectivity index (χ1) is 11.0. The van der Waals surface area contributed by atoms with Gasteiger partial charge in [-0.2, -0.15) is 13.2 Å². The summed E-state index contributed by atoms with van der Waals surface area (Å²) in [6.07, 6.45) is -3.50. The molecule has 10 heteroatoms. The molecule has 0 unspecified atom stereocenters. The van der Waals surface area contributed by atoms with Crippen molar-refractivity contribution in [2.45, 2.75) is 19.0 Å². The van der Waals surface area contributed by atoms with Crippen molar-refractivity contribution in [1.82, 2.24) is 5.32 Å². The number of hydrogen-bond acceptors (Lipinski definition) is 4. The van der Waals surface area contributed by atoms with Crippen LogP contribution in [0.5, 0.6) is 5.75 Å². The largest absolute Gasteiger partial charge is 0.507 e. The number of piperidine rings is 1. The van der Waals surface area contributed by atoms with Crippen molar-refractivity contribution in [3.05, 3.63) is 27.7 Å². The minimum Gasteiger partial charge on any atom is -0.507 e. The minimum absolute atomic E-state index is 0.0422. The fraction of sp³-hybridized carbons (Fsp3) is 0.429. The fourth-order valence-corrected chi connectivity index (χ4v) is 2.36. The Balaban J connectivity index is 0.000000351. The van der Waals surface area contributed by atoms with E-state index in [2.05, 4.69) is 5.32 Å². The molecule has 0 atom stereocenters. The van der Waals surface area contributed by atoms with Crippen LogP contribution in [-0.2, 0) is 4.79 Å². The molecule has 2 rings (SSSR count). The highest BCUT2D eigenvalue weighted by Gasteiger charge is 2.38. The molecule has 0 radical (unpaired) electrons. The average Bonchev–Trinajstić information content (AvgIpc) is 2.51. The topological polar surface area (TPSA) is 86.6 Å². The number of aromatic hydroxyl groups is 1. The molecule has 134 valence electrons. The molecule has 1 aromatic rings. The first-order valence-electron chi connectivity index (χ1n) is 6.77. The van der Waals surface area contributed by atoms with Gasteiger partial charge >= 0.3 is 12.1 Å². The van der Waals surface area contributed by atoms with Gasteiger partial charge in [0.15, 0.2) is 5.78 Å². The van der Waals surface area contributed by atoms with Crippen LogP contribution in [0.4, 0.5) is 13.2 Å².